The summed E-state index contributed by atoms with van der Waals surface area (Å²) in [4.78, 5) is 2.17. The Balaban J connectivity index is 1.79. The lowest BCUT2D eigenvalue weighted by atomic mass is 9.77. The Bertz CT molecular complexity index is 1030. The van der Waals surface area contributed by atoms with Gasteiger partial charge in [0.25, 0.3) is 0 Å². The molecule has 0 radical (unpaired) electrons. The molecule has 4 rings (SSSR count). The zero-order valence-electron chi connectivity index (χ0n) is 17.9. The van der Waals surface area contributed by atoms with Crippen molar-refractivity contribution < 1.29 is 4.39 Å². The van der Waals surface area contributed by atoms with Crippen LogP contribution in [0.1, 0.15) is 37.8 Å². The van der Waals surface area contributed by atoms with E-state index in [2.05, 4.69) is 29.7 Å². The van der Waals surface area contributed by atoms with Crippen molar-refractivity contribution in [2.45, 2.75) is 50.2 Å². The summed E-state index contributed by atoms with van der Waals surface area (Å²) in [6, 6.07) is 13.0. The summed E-state index contributed by atoms with van der Waals surface area (Å²) >= 11 is 0. The lowest BCUT2D eigenvalue weighted by Gasteiger charge is -2.37. The van der Waals surface area contributed by atoms with Crippen molar-refractivity contribution in [1.29, 1.82) is 0 Å². The fourth-order valence-electron chi connectivity index (χ4n) is 4.79. The van der Waals surface area contributed by atoms with Crippen LogP contribution in [0.5, 0.6) is 0 Å². The number of halogens is 1. The number of aryl methyl sites for hydroxylation is 1. The van der Waals surface area contributed by atoms with E-state index in [1.54, 1.807) is 12.1 Å². The average Bonchev–Trinajstić information content (AvgIpc) is 3.06. The van der Waals surface area contributed by atoms with Gasteiger partial charge >= 0.3 is 0 Å². The second-order valence-corrected chi connectivity index (χ2v) is 8.95. The molecular formula is C24H32FN5. The van der Waals surface area contributed by atoms with E-state index < -0.39 is 5.54 Å². The van der Waals surface area contributed by atoms with Gasteiger partial charge in [-0.2, -0.15) is 5.10 Å². The minimum atomic E-state index is -0.482. The van der Waals surface area contributed by atoms with Crippen LogP contribution in [0.4, 0.5) is 4.39 Å². The summed E-state index contributed by atoms with van der Waals surface area (Å²) in [6.45, 7) is 1.78. The van der Waals surface area contributed by atoms with Gasteiger partial charge in [-0.15, -0.1) is 0 Å². The van der Waals surface area contributed by atoms with Crippen LogP contribution in [-0.4, -0.2) is 41.4 Å². The van der Waals surface area contributed by atoms with Gasteiger partial charge < -0.3 is 16.4 Å². The number of benzene rings is 2. The van der Waals surface area contributed by atoms with Gasteiger partial charge in [0, 0.05) is 23.5 Å². The normalized spacial score (nSPS) is 22.1. The molecule has 0 saturated heterocycles. The Morgan fingerprint density at radius 2 is 2.03 bits per heavy atom. The van der Waals surface area contributed by atoms with Crippen molar-refractivity contribution in [1.82, 2.24) is 14.7 Å². The summed E-state index contributed by atoms with van der Waals surface area (Å²) in [5, 5.41) is 5.98. The van der Waals surface area contributed by atoms with Crippen molar-refractivity contribution in [2.75, 3.05) is 20.6 Å². The number of nitrogens with zero attached hydrogens (tertiary/aromatic N) is 3. The molecule has 0 spiro atoms. The van der Waals surface area contributed by atoms with Crippen LogP contribution in [0.25, 0.3) is 22.0 Å². The molecular weight excluding hydrogens is 377 g/mol. The van der Waals surface area contributed by atoms with Crippen molar-refractivity contribution >= 4 is 10.9 Å². The van der Waals surface area contributed by atoms with Gasteiger partial charge in [0.15, 0.2) is 0 Å². The van der Waals surface area contributed by atoms with Gasteiger partial charge in [0.1, 0.15) is 5.82 Å². The standard InChI is InChI=1S/C24H32FN5/c1-29(2)13-6-14-30-23(24(27)12-5-7-18(26)16-24)20-11-10-17(15-22(20)28-30)19-8-3-4-9-21(19)25/h3-4,8-11,15,18H,5-7,12-14,16,26-27H2,1-2H3. The van der Waals surface area contributed by atoms with E-state index in [0.29, 0.717) is 5.56 Å². The maximum atomic E-state index is 14.3. The Hall–Kier alpha value is -2.28. The largest absolute Gasteiger partial charge is 0.328 e. The Labute approximate surface area is 177 Å². The lowest BCUT2D eigenvalue weighted by molar-refractivity contribution is 0.256. The molecule has 1 aliphatic rings. The quantitative estimate of drug-likeness (QED) is 0.649. The van der Waals surface area contributed by atoms with Crippen molar-refractivity contribution in [2.24, 2.45) is 11.5 Å². The number of aromatic nitrogens is 2. The van der Waals surface area contributed by atoms with Crippen molar-refractivity contribution in [3.63, 3.8) is 0 Å². The zero-order chi connectivity index (χ0) is 21.3. The highest BCUT2D eigenvalue weighted by atomic mass is 19.1. The van der Waals surface area contributed by atoms with E-state index in [-0.39, 0.29) is 11.9 Å². The number of rotatable bonds is 6. The predicted octanol–water partition coefficient (Wildman–Crippen LogP) is 3.85. The average molecular weight is 410 g/mol. The van der Waals surface area contributed by atoms with Crippen LogP contribution < -0.4 is 11.5 Å². The molecule has 4 N–H and O–H groups in total. The fraction of sp³-hybridized carbons (Fsp3) is 0.458. The molecule has 2 aromatic carbocycles. The molecule has 5 nitrogen and oxygen atoms in total. The van der Waals surface area contributed by atoms with E-state index >= 15 is 0 Å². The first-order chi connectivity index (χ1) is 14.4. The highest BCUT2D eigenvalue weighted by Gasteiger charge is 2.37. The molecule has 2 unspecified atom stereocenters. The first-order valence-corrected chi connectivity index (χ1v) is 10.8. The molecule has 1 fully saturated rings. The maximum Gasteiger partial charge on any atom is 0.131 e. The molecule has 0 bridgehead atoms. The van der Waals surface area contributed by atoms with E-state index in [1.165, 1.54) is 6.07 Å². The summed E-state index contributed by atoms with van der Waals surface area (Å²) in [7, 11) is 4.15. The van der Waals surface area contributed by atoms with E-state index in [1.807, 2.05) is 18.2 Å². The van der Waals surface area contributed by atoms with E-state index in [0.717, 1.165) is 67.4 Å². The topological polar surface area (TPSA) is 73.1 Å². The summed E-state index contributed by atoms with van der Waals surface area (Å²) < 4.78 is 16.4. The smallest absolute Gasteiger partial charge is 0.131 e. The second-order valence-electron chi connectivity index (χ2n) is 8.95. The Kier molecular flexibility index (Phi) is 5.91. The molecule has 6 heteroatoms. The van der Waals surface area contributed by atoms with Gasteiger partial charge in [-0.3, -0.25) is 4.68 Å². The molecule has 2 atom stereocenters. The number of hydrogen-bond acceptors (Lipinski definition) is 4. The van der Waals surface area contributed by atoms with Crippen LogP contribution >= 0.6 is 0 Å². The molecule has 1 saturated carbocycles. The third kappa shape index (κ3) is 4.13. The lowest BCUT2D eigenvalue weighted by Crippen LogP contribution is -2.47. The molecule has 0 aliphatic heterocycles. The molecule has 30 heavy (non-hydrogen) atoms. The van der Waals surface area contributed by atoms with Crippen molar-refractivity contribution in [3.8, 4) is 11.1 Å². The number of nitrogens with two attached hydrogens (primary N) is 2. The fourth-order valence-corrected chi connectivity index (χ4v) is 4.79. The minimum absolute atomic E-state index is 0.113. The van der Waals surface area contributed by atoms with Gasteiger partial charge in [-0.1, -0.05) is 30.3 Å². The molecule has 1 heterocycles. The highest BCUT2D eigenvalue weighted by molar-refractivity contribution is 5.87. The number of hydrogen-bond donors (Lipinski definition) is 2. The van der Waals surface area contributed by atoms with Crippen LogP contribution in [-0.2, 0) is 12.1 Å². The van der Waals surface area contributed by atoms with Crippen LogP contribution in [0.2, 0.25) is 0 Å². The minimum Gasteiger partial charge on any atom is -0.328 e. The number of fused-ring (bicyclic) bond motifs is 1. The van der Waals surface area contributed by atoms with Crippen LogP contribution in [0.15, 0.2) is 42.5 Å². The first-order valence-electron chi connectivity index (χ1n) is 10.8. The van der Waals surface area contributed by atoms with Gasteiger partial charge in [-0.05, 0) is 70.4 Å². The van der Waals surface area contributed by atoms with Crippen LogP contribution in [0, 0.1) is 5.82 Å². The molecule has 3 aromatic rings. The van der Waals surface area contributed by atoms with Gasteiger partial charge in [0.05, 0.1) is 16.7 Å². The summed E-state index contributed by atoms with van der Waals surface area (Å²) in [5.74, 6) is -0.226. The second kappa shape index (κ2) is 8.46. The Morgan fingerprint density at radius 3 is 2.77 bits per heavy atom. The monoisotopic (exact) mass is 409 g/mol. The SMILES string of the molecule is CN(C)CCCn1nc2cc(-c3ccccc3F)ccc2c1C1(N)CCCC(N)C1. The third-order valence-electron chi connectivity index (χ3n) is 6.20. The summed E-state index contributed by atoms with van der Waals surface area (Å²) in [5.41, 5.74) is 16.2. The molecule has 0 amide bonds. The summed E-state index contributed by atoms with van der Waals surface area (Å²) in [6.07, 6.45) is 4.69. The predicted molar refractivity (Wildman–Crippen MR) is 121 cm³/mol. The molecule has 1 aromatic heterocycles. The van der Waals surface area contributed by atoms with E-state index in [9.17, 15) is 4.39 Å². The highest BCUT2D eigenvalue weighted by Crippen LogP contribution is 2.39. The Morgan fingerprint density at radius 1 is 1.23 bits per heavy atom. The van der Waals surface area contributed by atoms with Gasteiger partial charge in [-0.25, -0.2) is 4.39 Å². The molecule has 160 valence electrons. The van der Waals surface area contributed by atoms with Crippen molar-refractivity contribution in [3.05, 3.63) is 54.0 Å². The molecule has 1 aliphatic carbocycles. The maximum absolute atomic E-state index is 14.3. The van der Waals surface area contributed by atoms with E-state index in [4.69, 9.17) is 16.6 Å². The third-order valence-corrected chi connectivity index (χ3v) is 6.20. The van der Waals surface area contributed by atoms with Crippen LogP contribution in [0.3, 0.4) is 0 Å². The van der Waals surface area contributed by atoms with Gasteiger partial charge in [0.2, 0.25) is 0 Å². The first kappa shape index (κ1) is 21.0. The zero-order valence-corrected chi connectivity index (χ0v) is 17.9.